The number of aryl methyl sites for hydroxylation is 1. The molecular formula is C10H13N3S. The molecule has 14 heavy (non-hydrogen) atoms. The van der Waals surface area contributed by atoms with E-state index >= 15 is 0 Å². The van der Waals surface area contributed by atoms with E-state index < -0.39 is 0 Å². The van der Waals surface area contributed by atoms with Gasteiger partial charge in [-0.1, -0.05) is 0 Å². The van der Waals surface area contributed by atoms with Crippen LogP contribution in [0.4, 0.5) is 5.82 Å². The SMILES string of the molecule is S=c1nc(NC2CC2)c2c([nH]1)CCC2. The monoisotopic (exact) mass is 207 g/mol. The first-order valence-electron chi connectivity index (χ1n) is 5.21. The third-order valence-corrected chi connectivity index (χ3v) is 3.09. The van der Waals surface area contributed by atoms with Crippen molar-refractivity contribution in [3.63, 3.8) is 0 Å². The zero-order valence-electron chi connectivity index (χ0n) is 7.97. The van der Waals surface area contributed by atoms with Crippen LogP contribution in [0.5, 0.6) is 0 Å². The molecule has 3 nitrogen and oxygen atoms in total. The van der Waals surface area contributed by atoms with Crippen molar-refractivity contribution in [1.82, 2.24) is 9.97 Å². The molecule has 2 aliphatic carbocycles. The largest absolute Gasteiger partial charge is 0.367 e. The number of hydrogen-bond donors (Lipinski definition) is 2. The predicted molar refractivity (Wildman–Crippen MR) is 58.1 cm³/mol. The van der Waals surface area contributed by atoms with Gasteiger partial charge in [-0.25, -0.2) is 4.98 Å². The lowest BCUT2D eigenvalue weighted by atomic mass is 10.2. The maximum absolute atomic E-state index is 5.11. The summed E-state index contributed by atoms with van der Waals surface area (Å²) >= 11 is 5.11. The molecule has 0 aliphatic heterocycles. The maximum Gasteiger partial charge on any atom is 0.198 e. The Morgan fingerprint density at radius 2 is 2.21 bits per heavy atom. The molecule has 0 aromatic carbocycles. The molecule has 3 rings (SSSR count). The summed E-state index contributed by atoms with van der Waals surface area (Å²) in [6, 6.07) is 0.656. The second-order valence-electron chi connectivity index (χ2n) is 4.12. The number of fused-ring (bicyclic) bond motifs is 1. The minimum atomic E-state index is 0.619. The maximum atomic E-state index is 5.11. The van der Waals surface area contributed by atoms with Gasteiger partial charge in [0.1, 0.15) is 5.82 Å². The number of H-pyrrole nitrogens is 1. The topological polar surface area (TPSA) is 40.7 Å². The Hall–Kier alpha value is -0.900. The fourth-order valence-corrected chi connectivity index (χ4v) is 2.22. The normalized spacial score (nSPS) is 19.4. The summed E-state index contributed by atoms with van der Waals surface area (Å²) in [5.74, 6) is 1.05. The molecule has 0 atom stereocenters. The summed E-state index contributed by atoms with van der Waals surface area (Å²) in [5.41, 5.74) is 2.67. The first-order chi connectivity index (χ1) is 6.83. The van der Waals surface area contributed by atoms with E-state index in [0.717, 1.165) is 18.7 Å². The summed E-state index contributed by atoms with van der Waals surface area (Å²) < 4.78 is 0.619. The average molecular weight is 207 g/mol. The van der Waals surface area contributed by atoms with Gasteiger partial charge >= 0.3 is 0 Å². The van der Waals surface area contributed by atoms with Crippen LogP contribution >= 0.6 is 12.2 Å². The Balaban J connectivity index is 2.03. The molecule has 4 heteroatoms. The first-order valence-corrected chi connectivity index (χ1v) is 5.62. The van der Waals surface area contributed by atoms with Crippen LogP contribution in [0, 0.1) is 4.77 Å². The Kier molecular flexibility index (Phi) is 1.83. The number of anilines is 1. The summed E-state index contributed by atoms with van der Waals surface area (Å²) in [4.78, 5) is 7.56. The van der Waals surface area contributed by atoms with E-state index in [2.05, 4.69) is 15.3 Å². The molecule has 0 bridgehead atoms. The smallest absolute Gasteiger partial charge is 0.198 e. The third kappa shape index (κ3) is 1.43. The fourth-order valence-electron chi connectivity index (χ4n) is 2.01. The van der Waals surface area contributed by atoms with Gasteiger partial charge in [0, 0.05) is 17.3 Å². The van der Waals surface area contributed by atoms with Gasteiger partial charge in [0.25, 0.3) is 0 Å². The van der Waals surface area contributed by atoms with Crippen molar-refractivity contribution in [3.8, 4) is 0 Å². The second-order valence-corrected chi connectivity index (χ2v) is 4.51. The molecule has 0 saturated heterocycles. The quantitative estimate of drug-likeness (QED) is 0.730. The first kappa shape index (κ1) is 8.41. The third-order valence-electron chi connectivity index (χ3n) is 2.89. The molecule has 0 spiro atoms. The zero-order chi connectivity index (χ0) is 9.54. The zero-order valence-corrected chi connectivity index (χ0v) is 8.78. The van der Waals surface area contributed by atoms with Crippen LogP contribution in [-0.2, 0) is 12.8 Å². The Labute approximate surface area is 88.0 Å². The van der Waals surface area contributed by atoms with E-state index in [1.807, 2.05) is 0 Å². The minimum Gasteiger partial charge on any atom is -0.367 e. The second kappa shape index (κ2) is 3.05. The highest BCUT2D eigenvalue weighted by atomic mass is 32.1. The van der Waals surface area contributed by atoms with Gasteiger partial charge in [-0.05, 0) is 44.3 Å². The number of aromatic amines is 1. The van der Waals surface area contributed by atoms with Crippen molar-refractivity contribution in [3.05, 3.63) is 16.0 Å². The van der Waals surface area contributed by atoms with E-state index in [1.165, 1.54) is 30.5 Å². The van der Waals surface area contributed by atoms with E-state index in [4.69, 9.17) is 12.2 Å². The van der Waals surface area contributed by atoms with Gasteiger partial charge in [-0.3, -0.25) is 0 Å². The highest BCUT2D eigenvalue weighted by Crippen LogP contribution is 2.30. The number of rotatable bonds is 2. The Bertz CT molecular complexity index is 420. The number of nitrogens with one attached hydrogen (secondary N) is 2. The molecule has 74 valence electrons. The lowest BCUT2D eigenvalue weighted by molar-refractivity contribution is 0.898. The standard InChI is InChI=1S/C10H13N3S/c14-10-12-8-3-1-2-7(8)9(13-10)11-6-4-5-6/h6H,1-5H2,(H2,11,12,13,14). The van der Waals surface area contributed by atoms with Crippen molar-refractivity contribution in [2.24, 2.45) is 0 Å². The fraction of sp³-hybridized carbons (Fsp3) is 0.600. The number of nitrogens with zero attached hydrogens (tertiary/aromatic N) is 1. The molecule has 2 aliphatic rings. The van der Waals surface area contributed by atoms with Crippen LogP contribution in [0.3, 0.4) is 0 Å². The van der Waals surface area contributed by atoms with Crippen molar-refractivity contribution in [2.45, 2.75) is 38.1 Å². The lowest BCUT2D eigenvalue weighted by Crippen LogP contribution is -2.07. The molecule has 0 unspecified atom stereocenters. The Morgan fingerprint density at radius 3 is 3.00 bits per heavy atom. The molecule has 1 aromatic rings. The van der Waals surface area contributed by atoms with Gasteiger partial charge in [0.15, 0.2) is 4.77 Å². The summed E-state index contributed by atoms with van der Waals surface area (Å²) in [6.45, 7) is 0. The van der Waals surface area contributed by atoms with E-state index in [9.17, 15) is 0 Å². The highest BCUT2D eigenvalue weighted by molar-refractivity contribution is 7.71. The van der Waals surface area contributed by atoms with Crippen LogP contribution in [0.1, 0.15) is 30.5 Å². The molecule has 1 fully saturated rings. The van der Waals surface area contributed by atoms with Crippen LogP contribution in [0.15, 0.2) is 0 Å². The van der Waals surface area contributed by atoms with Crippen molar-refractivity contribution in [1.29, 1.82) is 0 Å². The summed E-state index contributed by atoms with van der Waals surface area (Å²) in [6.07, 6.45) is 6.06. The van der Waals surface area contributed by atoms with Crippen LogP contribution < -0.4 is 5.32 Å². The number of aromatic nitrogens is 2. The highest BCUT2D eigenvalue weighted by Gasteiger charge is 2.24. The average Bonchev–Trinajstić information content (AvgIpc) is 2.81. The van der Waals surface area contributed by atoms with Crippen LogP contribution in [0.25, 0.3) is 0 Å². The van der Waals surface area contributed by atoms with Crippen LogP contribution in [0.2, 0.25) is 0 Å². The minimum absolute atomic E-state index is 0.619. The predicted octanol–water partition coefficient (Wildman–Crippen LogP) is 2.20. The van der Waals surface area contributed by atoms with E-state index in [0.29, 0.717) is 10.8 Å². The van der Waals surface area contributed by atoms with Crippen LogP contribution in [-0.4, -0.2) is 16.0 Å². The van der Waals surface area contributed by atoms with Crippen molar-refractivity contribution < 1.29 is 0 Å². The summed E-state index contributed by atoms with van der Waals surface area (Å²) in [7, 11) is 0. The molecule has 0 radical (unpaired) electrons. The van der Waals surface area contributed by atoms with Gasteiger partial charge < -0.3 is 10.3 Å². The summed E-state index contributed by atoms with van der Waals surface area (Å²) in [5, 5.41) is 3.46. The Morgan fingerprint density at radius 1 is 1.36 bits per heavy atom. The molecule has 2 N–H and O–H groups in total. The molecule has 1 aromatic heterocycles. The molecule has 0 amide bonds. The van der Waals surface area contributed by atoms with Gasteiger partial charge in [0.2, 0.25) is 0 Å². The van der Waals surface area contributed by atoms with Crippen molar-refractivity contribution in [2.75, 3.05) is 5.32 Å². The van der Waals surface area contributed by atoms with Gasteiger partial charge in [0.05, 0.1) is 0 Å². The number of hydrogen-bond acceptors (Lipinski definition) is 3. The van der Waals surface area contributed by atoms with Crippen molar-refractivity contribution >= 4 is 18.0 Å². The molecular weight excluding hydrogens is 194 g/mol. The van der Waals surface area contributed by atoms with Gasteiger partial charge in [-0.15, -0.1) is 0 Å². The van der Waals surface area contributed by atoms with E-state index in [-0.39, 0.29) is 0 Å². The van der Waals surface area contributed by atoms with E-state index in [1.54, 1.807) is 0 Å². The van der Waals surface area contributed by atoms with Gasteiger partial charge in [-0.2, -0.15) is 0 Å². The molecule has 1 heterocycles. The lowest BCUT2D eigenvalue weighted by Gasteiger charge is -2.08. The molecule has 1 saturated carbocycles.